The van der Waals surface area contributed by atoms with Gasteiger partial charge in [0.2, 0.25) is 10.0 Å². The minimum absolute atomic E-state index is 0.229. The molecule has 0 N–H and O–H groups in total. The zero-order chi connectivity index (χ0) is 18.9. The Bertz CT molecular complexity index is 1070. The van der Waals surface area contributed by atoms with E-state index < -0.39 is 10.0 Å². The lowest BCUT2D eigenvalue weighted by Crippen LogP contribution is -2.36. The Balaban J connectivity index is 1.61. The van der Waals surface area contributed by atoms with Crippen LogP contribution in [0.4, 0.5) is 0 Å². The molecule has 1 aromatic heterocycles. The first-order valence-electron chi connectivity index (χ1n) is 8.62. The molecule has 6 nitrogen and oxygen atoms in total. The average molecular weight is 381 g/mol. The Morgan fingerprint density at radius 1 is 1.07 bits per heavy atom. The highest BCUT2D eigenvalue weighted by molar-refractivity contribution is 7.89. The molecule has 0 aliphatic carbocycles. The monoisotopic (exact) mass is 381 g/mol. The van der Waals surface area contributed by atoms with Crippen molar-refractivity contribution in [2.75, 3.05) is 13.7 Å². The molecule has 7 heteroatoms. The van der Waals surface area contributed by atoms with Crippen molar-refractivity contribution in [1.82, 2.24) is 14.3 Å². The standard InChI is InChI=1S/C20H19N3O3S/c1-26-17-8-5-9-18(12-17)27(24,25)23-11-10-19-16(14-23)13-21-20(22-19)15-6-3-2-4-7-15/h2-9,12-13H,10-11,14H2,1H3. The van der Waals surface area contributed by atoms with Gasteiger partial charge in [-0.25, -0.2) is 18.4 Å². The number of nitrogens with zero attached hydrogens (tertiary/aromatic N) is 3. The van der Waals surface area contributed by atoms with Crippen LogP contribution in [0.5, 0.6) is 5.75 Å². The van der Waals surface area contributed by atoms with Crippen molar-refractivity contribution >= 4 is 10.0 Å². The molecule has 27 heavy (non-hydrogen) atoms. The van der Waals surface area contributed by atoms with Gasteiger partial charge in [-0.05, 0) is 12.1 Å². The second kappa shape index (κ2) is 7.09. The van der Waals surface area contributed by atoms with Crippen LogP contribution in [0.25, 0.3) is 11.4 Å². The van der Waals surface area contributed by atoms with Crippen LogP contribution in [0.2, 0.25) is 0 Å². The van der Waals surface area contributed by atoms with E-state index in [1.165, 1.54) is 11.4 Å². The largest absolute Gasteiger partial charge is 0.497 e. The number of rotatable bonds is 4. The number of aromatic nitrogens is 2. The van der Waals surface area contributed by atoms with Crippen molar-refractivity contribution in [3.05, 3.63) is 72.1 Å². The van der Waals surface area contributed by atoms with E-state index in [2.05, 4.69) is 9.97 Å². The SMILES string of the molecule is COc1cccc(S(=O)(=O)N2CCc3nc(-c4ccccc4)ncc3C2)c1. The molecule has 0 radical (unpaired) electrons. The van der Waals surface area contributed by atoms with Gasteiger partial charge in [0.25, 0.3) is 0 Å². The van der Waals surface area contributed by atoms with E-state index in [0.29, 0.717) is 24.5 Å². The molecule has 4 rings (SSSR count). The van der Waals surface area contributed by atoms with Gasteiger partial charge < -0.3 is 4.74 Å². The average Bonchev–Trinajstić information content (AvgIpc) is 2.73. The van der Waals surface area contributed by atoms with Crippen LogP contribution < -0.4 is 4.74 Å². The summed E-state index contributed by atoms with van der Waals surface area (Å²) in [7, 11) is -2.08. The maximum Gasteiger partial charge on any atom is 0.243 e. The van der Waals surface area contributed by atoms with Gasteiger partial charge in [-0.2, -0.15) is 4.31 Å². The van der Waals surface area contributed by atoms with Crippen LogP contribution in [-0.2, 0) is 23.0 Å². The lowest BCUT2D eigenvalue weighted by atomic mass is 10.1. The Kier molecular flexibility index (Phi) is 4.63. The quantitative estimate of drug-likeness (QED) is 0.695. The molecule has 0 atom stereocenters. The highest BCUT2D eigenvalue weighted by Gasteiger charge is 2.29. The molecule has 2 heterocycles. The van der Waals surface area contributed by atoms with Crippen LogP contribution in [-0.4, -0.2) is 36.3 Å². The number of sulfonamides is 1. The van der Waals surface area contributed by atoms with Crippen LogP contribution >= 0.6 is 0 Å². The van der Waals surface area contributed by atoms with Gasteiger partial charge >= 0.3 is 0 Å². The third kappa shape index (κ3) is 3.43. The van der Waals surface area contributed by atoms with Gasteiger partial charge in [-0.1, -0.05) is 36.4 Å². The van der Waals surface area contributed by atoms with Crippen molar-refractivity contribution in [2.24, 2.45) is 0 Å². The van der Waals surface area contributed by atoms with Gasteiger partial charge in [-0.15, -0.1) is 0 Å². The van der Waals surface area contributed by atoms with Crippen LogP contribution in [0.15, 0.2) is 65.7 Å². The van der Waals surface area contributed by atoms with Crippen molar-refractivity contribution in [1.29, 1.82) is 0 Å². The number of hydrogen-bond acceptors (Lipinski definition) is 5. The zero-order valence-electron chi connectivity index (χ0n) is 14.9. The Morgan fingerprint density at radius 3 is 2.67 bits per heavy atom. The van der Waals surface area contributed by atoms with E-state index in [-0.39, 0.29) is 11.4 Å². The summed E-state index contributed by atoms with van der Waals surface area (Å²) in [6, 6.07) is 16.3. The van der Waals surface area contributed by atoms with Crippen LogP contribution in [0, 0.1) is 0 Å². The summed E-state index contributed by atoms with van der Waals surface area (Å²) in [5.74, 6) is 1.18. The molecule has 0 unspecified atom stereocenters. The number of methoxy groups -OCH3 is 1. The Labute approximate surface area is 158 Å². The van der Waals surface area contributed by atoms with E-state index in [0.717, 1.165) is 16.8 Å². The second-order valence-corrected chi connectivity index (χ2v) is 8.24. The van der Waals surface area contributed by atoms with Crippen LogP contribution in [0.3, 0.4) is 0 Å². The Hall–Kier alpha value is -2.77. The fourth-order valence-electron chi connectivity index (χ4n) is 3.13. The van der Waals surface area contributed by atoms with Gasteiger partial charge in [0.05, 0.1) is 17.7 Å². The summed E-state index contributed by atoms with van der Waals surface area (Å²) >= 11 is 0. The molecule has 1 aliphatic heterocycles. The topological polar surface area (TPSA) is 72.4 Å². The van der Waals surface area contributed by atoms with Gasteiger partial charge in [-0.3, -0.25) is 0 Å². The van der Waals surface area contributed by atoms with Gasteiger partial charge in [0.1, 0.15) is 5.75 Å². The summed E-state index contributed by atoms with van der Waals surface area (Å²) in [6.07, 6.45) is 2.29. The summed E-state index contributed by atoms with van der Waals surface area (Å²) in [5.41, 5.74) is 2.69. The molecule has 2 aromatic carbocycles. The summed E-state index contributed by atoms with van der Waals surface area (Å²) in [4.78, 5) is 9.30. The lowest BCUT2D eigenvalue weighted by molar-refractivity contribution is 0.385. The third-order valence-electron chi connectivity index (χ3n) is 4.61. The first-order chi connectivity index (χ1) is 13.1. The minimum Gasteiger partial charge on any atom is -0.497 e. The number of ether oxygens (including phenoxy) is 1. The molecular weight excluding hydrogens is 362 g/mol. The molecule has 0 spiro atoms. The summed E-state index contributed by atoms with van der Waals surface area (Å²) < 4.78 is 32.6. The molecule has 0 saturated carbocycles. The maximum atomic E-state index is 13.0. The fraction of sp³-hybridized carbons (Fsp3) is 0.200. The van der Waals surface area contributed by atoms with E-state index in [9.17, 15) is 8.42 Å². The maximum absolute atomic E-state index is 13.0. The molecule has 0 fully saturated rings. The van der Waals surface area contributed by atoms with Gasteiger partial charge in [0, 0.05) is 42.9 Å². The first kappa shape index (κ1) is 17.6. The van der Waals surface area contributed by atoms with Crippen molar-refractivity contribution in [2.45, 2.75) is 17.9 Å². The van der Waals surface area contributed by atoms with E-state index >= 15 is 0 Å². The van der Waals surface area contributed by atoms with E-state index in [1.807, 2.05) is 30.3 Å². The first-order valence-corrected chi connectivity index (χ1v) is 10.1. The lowest BCUT2D eigenvalue weighted by Gasteiger charge is -2.27. The highest BCUT2D eigenvalue weighted by atomic mass is 32.2. The summed E-state index contributed by atoms with van der Waals surface area (Å²) in [5, 5.41) is 0. The smallest absolute Gasteiger partial charge is 0.243 e. The predicted octanol–water partition coefficient (Wildman–Crippen LogP) is 2.90. The number of benzene rings is 2. The van der Waals surface area contributed by atoms with Crippen molar-refractivity contribution < 1.29 is 13.2 Å². The molecule has 0 amide bonds. The molecule has 138 valence electrons. The Morgan fingerprint density at radius 2 is 1.89 bits per heavy atom. The minimum atomic E-state index is -3.60. The van der Waals surface area contributed by atoms with E-state index in [4.69, 9.17) is 4.74 Å². The molecule has 1 aliphatic rings. The molecule has 0 bridgehead atoms. The highest BCUT2D eigenvalue weighted by Crippen LogP contribution is 2.27. The third-order valence-corrected chi connectivity index (χ3v) is 6.45. The summed E-state index contributed by atoms with van der Waals surface area (Å²) in [6.45, 7) is 0.654. The molecule has 3 aromatic rings. The molecular formula is C20H19N3O3S. The predicted molar refractivity (Wildman–Crippen MR) is 102 cm³/mol. The van der Waals surface area contributed by atoms with Crippen molar-refractivity contribution in [3.63, 3.8) is 0 Å². The van der Waals surface area contributed by atoms with Crippen molar-refractivity contribution in [3.8, 4) is 17.1 Å². The van der Waals surface area contributed by atoms with E-state index in [1.54, 1.807) is 30.5 Å². The van der Waals surface area contributed by atoms with Crippen LogP contribution in [0.1, 0.15) is 11.3 Å². The second-order valence-electron chi connectivity index (χ2n) is 6.30. The normalized spacial score (nSPS) is 14.6. The number of fused-ring (bicyclic) bond motifs is 1. The number of hydrogen-bond donors (Lipinski definition) is 0. The fourth-order valence-corrected chi connectivity index (χ4v) is 4.59. The van der Waals surface area contributed by atoms with Gasteiger partial charge in [0.15, 0.2) is 5.82 Å². The zero-order valence-corrected chi connectivity index (χ0v) is 15.7. The molecule has 0 saturated heterocycles.